The molecule has 0 atom stereocenters. The highest BCUT2D eigenvalue weighted by Crippen LogP contribution is 2.20. The highest BCUT2D eigenvalue weighted by atomic mass is 79.9. The van der Waals surface area contributed by atoms with Gasteiger partial charge in [0.25, 0.3) is 0 Å². The highest BCUT2D eigenvalue weighted by Gasteiger charge is 2.08. The first-order chi connectivity index (χ1) is 10.0. The van der Waals surface area contributed by atoms with Gasteiger partial charge in [-0.1, -0.05) is 22.0 Å². The van der Waals surface area contributed by atoms with Crippen LogP contribution in [0.15, 0.2) is 40.2 Å². The van der Waals surface area contributed by atoms with Crippen LogP contribution in [0.3, 0.4) is 0 Å². The highest BCUT2D eigenvalue weighted by molar-refractivity contribution is 9.10. The van der Waals surface area contributed by atoms with Crippen molar-refractivity contribution in [3.63, 3.8) is 0 Å². The van der Waals surface area contributed by atoms with Gasteiger partial charge in [0.15, 0.2) is 0 Å². The number of carbonyl (C=O) groups excluding carboxylic acids is 1. The molecule has 6 heteroatoms. The molecule has 2 rings (SSSR count). The number of halogens is 1. The lowest BCUT2D eigenvalue weighted by Gasteiger charge is -2.07. The van der Waals surface area contributed by atoms with Crippen LogP contribution in [0, 0.1) is 0 Å². The van der Waals surface area contributed by atoms with Gasteiger partial charge in [-0.15, -0.1) is 11.3 Å². The van der Waals surface area contributed by atoms with Crippen molar-refractivity contribution in [2.75, 3.05) is 5.32 Å². The Morgan fingerprint density at radius 3 is 2.76 bits per heavy atom. The minimum Gasteiger partial charge on any atom is -0.478 e. The molecule has 1 amide bonds. The van der Waals surface area contributed by atoms with E-state index in [0.29, 0.717) is 16.6 Å². The fourth-order valence-corrected chi connectivity index (χ4v) is 3.13. The molecule has 0 aliphatic rings. The molecule has 0 bridgehead atoms. The Balaban J connectivity index is 1.88. The Bertz CT molecular complexity index is 640. The molecular weight excluding hydrogens is 354 g/mol. The Hall–Kier alpha value is -1.66. The van der Waals surface area contributed by atoms with Gasteiger partial charge in [-0.25, -0.2) is 4.79 Å². The molecule has 1 aromatic heterocycles. The van der Waals surface area contributed by atoms with E-state index in [1.165, 1.54) is 17.0 Å². The molecule has 0 spiro atoms. The van der Waals surface area contributed by atoms with Gasteiger partial charge >= 0.3 is 5.97 Å². The molecule has 0 fully saturated rings. The molecule has 1 heterocycles. The van der Waals surface area contributed by atoms with Crippen molar-refractivity contribution in [3.05, 3.63) is 50.6 Å². The zero-order valence-electron chi connectivity index (χ0n) is 11.1. The quantitative estimate of drug-likeness (QED) is 0.804. The molecule has 1 aromatic carbocycles. The predicted molar refractivity (Wildman–Crippen MR) is 87.0 cm³/mol. The molecule has 21 heavy (non-hydrogen) atoms. The molecule has 0 saturated carbocycles. The third kappa shape index (κ3) is 4.99. The number of benzene rings is 1. The first-order valence-electron chi connectivity index (χ1n) is 6.41. The van der Waals surface area contributed by atoms with E-state index in [1.807, 2.05) is 11.4 Å². The van der Waals surface area contributed by atoms with Gasteiger partial charge in [0.2, 0.25) is 5.91 Å². The topological polar surface area (TPSA) is 66.4 Å². The number of aromatic carboxylic acids is 1. The van der Waals surface area contributed by atoms with E-state index in [4.69, 9.17) is 5.11 Å². The number of carboxylic acids is 1. The van der Waals surface area contributed by atoms with Crippen LogP contribution < -0.4 is 5.32 Å². The summed E-state index contributed by atoms with van der Waals surface area (Å²) in [5, 5.41) is 13.7. The molecule has 4 nitrogen and oxygen atoms in total. The number of carbonyl (C=O) groups is 2. The van der Waals surface area contributed by atoms with E-state index in [2.05, 4.69) is 27.3 Å². The molecule has 0 aliphatic carbocycles. The number of carboxylic acid groups (broad SMARTS) is 1. The SMILES string of the molecule is O=C(CCCc1cccs1)Nc1cc(Br)cc(C(=O)O)c1. The van der Waals surface area contributed by atoms with E-state index in [1.54, 1.807) is 17.4 Å². The van der Waals surface area contributed by atoms with Crippen LogP contribution >= 0.6 is 27.3 Å². The normalized spacial score (nSPS) is 10.3. The summed E-state index contributed by atoms with van der Waals surface area (Å²) in [6, 6.07) is 8.67. The maximum Gasteiger partial charge on any atom is 0.335 e. The maximum absolute atomic E-state index is 11.9. The first-order valence-corrected chi connectivity index (χ1v) is 8.08. The minimum atomic E-state index is -1.02. The standard InChI is InChI=1S/C15H14BrNO3S/c16-11-7-10(15(19)20)8-12(9-11)17-14(18)5-1-3-13-4-2-6-21-13/h2,4,6-9H,1,3,5H2,(H,17,18)(H,19,20). The van der Waals surface area contributed by atoms with Crippen LogP contribution in [0.2, 0.25) is 0 Å². The number of thiophene rings is 1. The van der Waals surface area contributed by atoms with Gasteiger partial charge in [0.1, 0.15) is 0 Å². The number of aryl methyl sites for hydroxylation is 1. The van der Waals surface area contributed by atoms with Crippen molar-refractivity contribution in [2.45, 2.75) is 19.3 Å². The summed E-state index contributed by atoms with van der Waals surface area (Å²) in [5.41, 5.74) is 0.626. The second-order valence-electron chi connectivity index (χ2n) is 4.51. The molecule has 0 radical (unpaired) electrons. The smallest absolute Gasteiger partial charge is 0.335 e. The van der Waals surface area contributed by atoms with Crippen LogP contribution in [0.5, 0.6) is 0 Å². The van der Waals surface area contributed by atoms with Crippen molar-refractivity contribution in [2.24, 2.45) is 0 Å². The van der Waals surface area contributed by atoms with Crippen molar-refractivity contribution in [3.8, 4) is 0 Å². The zero-order chi connectivity index (χ0) is 15.2. The van der Waals surface area contributed by atoms with Crippen LogP contribution in [0.1, 0.15) is 28.1 Å². The summed E-state index contributed by atoms with van der Waals surface area (Å²) < 4.78 is 0.622. The van der Waals surface area contributed by atoms with Crippen molar-refractivity contribution in [1.29, 1.82) is 0 Å². The van der Waals surface area contributed by atoms with Gasteiger partial charge in [0, 0.05) is 21.5 Å². The molecular formula is C15H14BrNO3S. The lowest BCUT2D eigenvalue weighted by molar-refractivity contribution is -0.116. The third-order valence-electron chi connectivity index (χ3n) is 2.84. The van der Waals surface area contributed by atoms with Gasteiger partial charge in [-0.2, -0.15) is 0 Å². The van der Waals surface area contributed by atoms with E-state index in [0.717, 1.165) is 12.8 Å². The van der Waals surface area contributed by atoms with Crippen LogP contribution in [0.25, 0.3) is 0 Å². The molecule has 0 aliphatic heterocycles. The van der Waals surface area contributed by atoms with Gasteiger partial charge in [-0.05, 0) is 42.5 Å². The molecule has 0 saturated heterocycles. The summed E-state index contributed by atoms with van der Waals surface area (Å²) in [5.74, 6) is -1.13. The Labute approximate surface area is 134 Å². The minimum absolute atomic E-state index is 0.110. The van der Waals surface area contributed by atoms with Crippen LogP contribution in [-0.2, 0) is 11.2 Å². The largest absolute Gasteiger partial charge is 0.478 e. The average Bonchev–Trinajstić information content (AvgIpc) is 2.91. The summed E-state index contributed by atoms with van der Waals surface area (Å²) in [6.07, 6.45) is 2.06. The molecule has 110 valence electrons. The second-order valence-corrected chi connectivity index (χ2v) is 6.46. The van der Waals surface area contributed by atoms with E-state index in [9.17, 15) is 9.59 Å². The summed E-state index contributed by atoms with van der Waals surface area (Å²) in [6.45, 7) is 0. The second kappa shape index (κ2) is 7.38. The summed E-state index contributed by atoms with van der Waals surface area (Å²) in [4.78, 5) is 24.1. The Morgan fingerprint density at radius 1 is 1.29 bits per heavy atom. The maximum atomic E-state index is 11.9. The van der Waals surface area contributed by atoms with Crippen molar-refractivity contribution < 1.29 is 14.7 Å². The first kappa shape index (κ1) is 15.7. The number of nitrogens with one attached hydrogen (secondary N) is 1. The van der Waals surface area contributed by atoms with Crippen LogP contribution in [-0.4, -0.2) is 17.0 Å². The fraction of sp³-hybridized carbons (Fsp3) is 0.200. The monoisotopic (exact) mass is 367 g/mol. The van der Waals surface area contributed by atoms with Crippen LogP contribution in [0.4, 0.5) is 5.69 Å². The fourth-order valence-electron chi connectivity index (χ4n) is 1.89. The van der Waals surface area contributed by atoms with Crippen molar-refractivity contribution >= 4 is 44.8 Å². The number of hydrogen-bond acceptors (Lipinski definition) is 3. The molecule has 2 aromatic rings. The predicted octanol–water partition coefficient (Wildman–Crippen LogP) is 4.17. The van der Waals surface area contributed by atoms with Gasteiger partial charge < -0.3 is 10.4 Å². The number of hydrogen-bond donors (Lipinski definition) is 2. The zero-order valence-corrected chi connectivity index (χ0v) is 13.5. The molecule has 2 N–H and O–H groups in total. The summed E-state index contributed by atoms with van der Waals surface area (Å²) >= 11 is 4.92. The van der Waals surface area contributed by atoms with E-state index in [-0.39, 0.29) is 11.5 Å². The third-order valence-corrected chi connectivity index (χ3v) is 4.23. The van der Waals surface area contributed by atoms with E-state index < -0.39 is 5.97 Å². The number of anilines is 1. The van der Waals surface area contributed by atoms with Gasteiger partial charge in [-0.3, -0.25) is 4.79 Å². The Kier molecular flexibility index (Phi) is 5.52. The van der Waals surface area contributed by atoms with Crippen molar-refractivity contribution in [1.82, 2.24) is 0 Å². The number of amides is 1. The molecule has 0 unspecified atom stereocenters. The van der Waals surface area contributed by atoms with Gasteiger partial charge in [0.05, 0.1) is 5.56 Å². The lowest BCUT2D eigenvalue weighted by atomic mass is 10.2. The summed E-state index contributed by atoms with van der Waals surface area (Å²) in [7, 11) is 0. The van der Waals surface area contributed by atoms with E-state index >= 15 is 0 Å². The lowest BCUT2D eigenvalue weighted by Crippen LogP contribution is -2.12. The Morgan fingerprint density at radius 2 is 2.10 bits per heavy atom. The number of rotatable bonds is 6. The average molecular weight is 368 g/mol.